The van der Waals surface area contributed by atoms with E-state index in [0.717, 1.165) is 43.1 Å². The second-order valence-corrected chi connectivity index (χ2v) is 7.78. The molecule has 0 radical (unpaired) electrons. The van der Waals surface area contributed by atoms with E-state index in [2.05, 4.69) is 32.4 Å². The van der Waals surface area contributed by atoms with E-state index in [1.54, 1.807) is 0 Å². The molecule has 0 aliphatic heterocycles. The first-order valence-electron chi connectivity index (χ1n) is 7.70. The van der Waals surface area contributed by atoms with Crippen molar-refractivity contribution in [3.8, 4) is 0 Å². The van der Waals surface area contributed by atoms with Gasteiger partial charge in [-0.15, -0.1) is 0 Å². The maximum atomic E-state index is 11.8. The second-order valence-electron chi connectivity index (χ2n) is 5.87. The van der Waals surface area contributed by atoms with E-state index in [1.165, 1.54) is 12.8 Å². The van der Waals surface area contributed by atoms with Crippen molar-refractivity contribution in [3.05, 3.63) is 5.69 Å². The van der Waals surface area contributed by atoms with Gasteiger partial charge in [-0.05, 0) is 19.3 Å². The smallest absolute Gasteiger partial charge is 0.250 e. The standard InChI is InChI=1S/C14H21N5O2S/c1-3-8-15-12-10-11(9-6-4-5-7-9)18-19-13(10)17-14(16-12)22(2,20)21/h9H,3-8H2,1-2H3,(H2,15,16,17,18,19). The third-order valence-electron chi connectivity index (χ3n) is 4.06. The van der Waals surface area contributed by atoms with Crippen LogP contribution in [0.4, 0.5) is 5.82 Å². The molecule has 0 unspecified atom stereocenters. The molecule has 1 aliphatic rings. The van der Waals surface area contributed by atoms with Crippen molar-refractivity contribution in [1.82, 2.24) is 20.2 Å². The Balaban J connectivity index is 2.16. The van der Waals surface area contributed by atoms with Crippen LogP contribution in [-0.2, 0) is 9.84 Å². The molecule has 0 saturated heterocycles. The highest BCUT2D eigenvalue weighted by Crippen LogP contribution is 2.38. The van der Waals surface area contributed by atoms with Gasteiger partial charge in [0.2, 0.25) is 9.84 Å². The zero-order chi connectivity index (χ0) is 15.7. The maximum Gasteiger partial charge on any atom is 0.250 e. The molecule has 1 fully saturated rings. The van der Waals surface area contributed by atoms with Gasteiger partial charge in [-0.1, -0.05) is 19.8 Å². The van der Waals surface area contributed by atoms with E-state index >= 15 is 0 Å². The van der Waals surface area contributed by atoms with Gasteiger partial charge in [0.1, 0.15) is 5.82 Å². The average Bonchev–Trinajstić information content (AvgIpc) is 3.11. The average molecular weight is 323 g/mol. The number of hydrogen-bond acceptors (Lipinski definition) is 6. The Morgan fingerprint density at radius 3 is 2.64 bits per heavy atom. The number of nitrogens with zero attached hydrogens (tertiary/aromatic N) is 3. The molecule has 2 N–H and O–H groups in total. The molecule has 2 heterocycles. The highest BCUT2D eigenvalue weighted by molar-refractivity contribution is 7.90. The Morgan fingerprint density at radius 2 is 2.00 bits per heavy atom. The first kappa shape index (κ1) is 15.2. The minimum atomic E-state index is -3.47. The highest BCUT2D eigenvalue weighted by atomic mass is 32.2. The highest BCUT2D eigenvalue weighted by Gasteiger charge is 2.25. The molecular formula is C14H21N5O2S. The van der Waals surface area contributed by atoms with Crippen LogP contribution < -0.4 is 5.32 Å². The zero-order valence-corrected chi connectivity index (χ0v) is 13.7. The summed E-state index contributed by atoms with van der Waals surface area (Å²) in [6.45, 7) is 2.78. The van der Waals surface area contributed by atoms with Gasteiger partial charge in [-0.25, -0.2) is 13.4 Å². The predicted octanol–water partition coefficient (Wildman–Crippen LogP) is 2.24. The summed E-state index contributed by atoms with van der Waals surface area (Å²) in [6, 6.07) is 0. The van der Waals surface area contributed by atoms with Gasteiger partial charge in [0.25, 0.3) is 5.16 Å². The van der Waals surface area contributed by atoms with Crippen molar-refractivity contribution in [1.29, 1.82) is 0 Å². The lowest BCUT2D eigenvalue weighted by Crippen LogP contribution is -2.10. The van der Waals surface area contributed by atoms with Crippen LogP contribution in [0.3, 0.4) is 0 Å². The van der Waals surface area contributed by atoms with Crippen LogP contribution in [0.5, 0.6) is 0 Å². The van der Waals surface area contributed by atoms with E-state index in [-0.39, 0.29) is 5.16 Å². The summed E-state index contributed by atoms with van der Waals surface area (Å²) in [7, 11) is -3.47. The van der Waals surface area contributed by atoms with Gasteiger partial charge in [-0.3, -0.25) is 5.10 Å². The first-order chi connectivity index (χ1) is 10.5. The van der Waals surface area contributed by atoms with E-state index in [0.29, 0.717) is 17.4 Å². The van der Waals surface area contributed by atoms with Gasteiger partial charge in [-0.2, -0.15) is 10.1 Å². The number of hydrogen-bond donors (Lipinski definition) is 2. The van der Waals surface area contributed by atoms with Crippen molar-refractivity contribution in [2.45, 2.75) is 50.1 Å². The quantitative estimate of drug-likeness (QED) is 0.818. The lowest BCUT2D eigenvalue weighted by atomic mass is 10.0. The predicted molar refractivity (Wildman–Crippen MR) is 84.8 cm³/mol. The number of anilines is 1. The number of sulfone groups is 1. The van der Waals surface area contributed by atoms with Gasteiger partial charge in [0.15, 0.2) is 5.65 Å². The largest absolute Gasteiger partial charge is 0.369 e. The van der Waals surface area contributed by atoms with Crippen molar-refractivity contribution in [2.24, 2.45) is 0 Å². The molecule has 120 valence electrons. The number of aromatic amines is 1. The molecule has 7 nitrogen and oxygen atoms in total. The van der Waals surface area contributed by atoms with E-state index in [9.17, 15) is 8.42 Å². The number of aromatic nitrogens is 4. The fourth-order valence-corrected chi connectivity index (χ4v) is 3.48. The minimum absolute atomic E-state index is 0.178. The summed E-state index contributed by atoms with van der Waals surface area (Å²) in [5.41, 5.74) is 1.46. The minimum Gasteiger partial charge on any atom is -0.369 e. The molecule has 2 aromatic heterocycles. The lowest BCUT2D eigenvalue weighted by molar-refractivity contribution is 0.593. The summed E-state index contributed by atoms with van der Waals surface area (Å²) in [5.74, 6) is 1.00. The SMILES string of the molecule is CCCNc1nc(S(C)(=O)=O)nc2n[nH]c(C3CCCC3)c12. The van der Waals surface area contributed by atoms with E-state index < -0.39 is 9.84 Å². The number of nitrogens with one attached hydrogen (secondary N) is 2. The van der Waals surface area contributed by atoms with Crippen molar-refractivity contribution in [3.63, 3.8) is 0 Å². The van der Waals surface area contributed by atoms with Gasteiger partial charge < -0.3 is 5.32 Å². The normalized spacial score (nSPS) is 16.5. The molecule has 2 aromatic rings. The van der Waals surface area contributed by atoms with E-state index in [1.807, 2.05) is 0 Å². The van der Waals surface area contributed by atoms with Crippen molar-refractivity contribution < 1.29 is 8.42 Å². The first-order valence-corrected chi connectivity index (χ1v) is 9.59. The third-order valence-corrected chi connectivity index (χ3v) is 4.90. The molecule has 0 spiro atoms. The maximum absolute atomic E-state index is 11.8. The lowest BCUT2D eigenvalue weighted by Gasteiger charge is -2.11. The summed E-state index contributed by atoms with van der Waals surface area (Å²) in [5, 5.41) is 11.2. The van der Waals surface area contributed by atoms with Crippen LogP contribution in [0.25, 0.3) is 11.0 Å². The Bertz CT molecular complexity index is 778. The van der Waals surface area contributed by atoms with Crippen LogP contribution in [0.1, 0.15) is 50.6 Å². The fourth-order valence-electron chi connectivity index (χ4n) is 2.97. The number of fused-ring (bicyclic) bond motifs is 1. The monoisotopic (exact) mass is 323 g/mol. The van der Waals surface area contributed by atoms with Crippen LogP contribution in [0.15, 0.2) is 5.16 Å². The van der Waals surface area contributed by atoms with Gasteiger partial charge in [0, 0.05) is 18.7 Å². The second kappa shape index (κ2) is 5.83. The Hall–Kier alpha value is -1.70. The zero-order valence-electron chi connectivity index (χ0n) is 12.9. The van der Waals surface area contributed by atoms with Crippen LogP contribution >= 0.6 is 0 Å². The molecule has 8 heteroatoms. The Morgan fingerprint density at radius 1 is 1.27 bits per heavy atom. The summed E-state index contributed by atoms with van der Waals surface area (Å²) >= 11 is 0. The van der Waals surface area contributed by atoms with Gasteiger partial charge >= 0.3 is 0 Å². The molecule has 0 bridgehead atoms. The van der Waals surface area contributed by atoms with Crippen molar-refractivity contribution in [2.75, 3.05) is 18.1 Å². The topological polar surface area (TPSA) is 101 Å². The fraction of sp³-hybridized carbons (Fsp3) is 0.643. The molecule has 0 atom stereocenters. The summed E-state index contributed by atoms with van der Waals surface area (Å²) < 4.78 is 23.5. The molecule has 1 saturated carbocycles. The molecule has 0 aromatic carbocycles. The van der Waals surface area contributed by atoms with E-state index in [4.69, 9.17) is 0 Å². The molecule has 0 amide bonds. The van der Waals surface area contributed by atoms with Crippen LogP contribution in [0.2, 0.25) is 0 Å². The molecule has 1 aliphatic carbocycles. The Labute approximate surface area is 129 Å². The summed E-state index contributed by atoms with van der Waals surface area (Å²) in [4.78, 5) is 8.37. The van der Waals surface area contributed by atoms with Crippen molar-refractivity contribution >= 4 is 26.7 Å². The molecule has 22 heavy (non-hydrogen) atoms. The third kappa shape index (κ3) is 2.79. The number of rotatable bonds is 5. The Kier molecular flexibility index (Phi) is 4.03. The number of H-pyrrole nitrogens is 1. The molecule has 3 rings (SSSR count). The van der Waals surface area contributed by atoms with Crippen LogP contribution in [-0.4, -0.2) is 41.4 Å². The molecular weight excluding hydrogens is 302 g/mol. The summed E-state index contributed by atoms with van der Waals surface area (Å²) in [6.07, 6.45) is 6.71. The van der Waals surface area contributed by atoms with Crippen LogP contribution in [0, 0.1) is 0 Å². The van der Waals surface area contributed by atoms with Gasteiger partial charge in [0.05, 0.1) is 11.1 Å².